The lowest BCUT2D eigenvalue weighted by Crippen LogP contribution is -2.49. The third kappa shape index (κ3) is 5.24. The number of nitrogens with zero attached hydrogens (tertiary/aromatic N) is 2. The molecule has 1 saturated heterocycles. The topological polar surface area (TPSA) is 35.6 Å². The van der Waals surface area contributed by atoms with Gasteiger partial charge in [-0.2, -0.15) is 0 Å². The van der Waals surface area contributed by atoms with Crippen LogP contribution < -0.4 is 5.32 Å². The largest absolute Gasteiger partial charge is 0.349 e. The summed E-state index contributed by atoms with van der Waals surface area (Å²) in [6.07, 6.45) is 2.43. The van der Waals surface area contributed by atoms with E-state index in [1.165, 1.54) is 18.2 Å². The molecule has 0 bridgehead atoms. The van der Waals surface area contributed by atoms with Gasteiger partial charge in [-0.3, -0.25) is 9.69 Å². The van der Waals surface area contributed by atoms with E-state index in [1.54, 1.807) is 19.0 Å². The van der Waals surface area contributed by atoms with E-state index in [0.29, 0.717) is 6.42 Å². The Labute approximate surface area is 142 Å². The van der Waals surface area contributed by atoms with Gasteiger partial charge in [0.25, 0.3) is 0 Å². The normalized spacial score (nSPS) is 20.0. The number of likely N-dealkylation sites (tertiary alicyclic amines) is 1. The number of hydrogen-bond donors (Lipinski definition) is 1. The standard InChI is InChI=1S/C18H27F2N3O/c1-13(10-18(24)22(2)3)21-14-6-5-9-23(11-14)12-15-16(19)7-4-8-17(15)20/h4,7-8,13-14,21H,5-6,9-12H2,1-3H3/t13-,14-/m0/s1. The number of amides is 1. The lowest BCUT2D eigenvalue weighted by atomic mass is 10.0. The number of rotatable bonds is 6. The minimum atomic E-state index is -0.491. The Balaban J connectivity index is 1.89. The fraction of sp³-hybridized carbons (Fsp3) is 0.611. The van der Waals surface area contributed by atoms with Crippen LogP contribution in [0.3, 0.4) is 0 Å². The van der Waals surface area contributed by atoms with Crippen LogP contribution in [0.2, 0.25) is 0 Å². The molecule has 1 aliphatic rings. The van der Waals surface area contributed by atoms with E-state index in [-0.39, 0.29) is 30.1 Å². The van der Waals surface area contributed by atoms with E-state index >= 15 is 0 Å². The molecule has 0 unspecified atom stereocenters. The Morgan fingerprint density at radius 1 is 1.38 bits per heavy atom. The van der Waals surface area contributed by atoms with E-state index in [9.17, 15) is 13.6 Å². The summed E-state index contributed by atoms with van der Waals surface area (Å²) in [7, 11) is 3.50. The molecule has 0 saturated carbocycles. The summed E-state index contributed by atoms with van der Waals surface area (Å²) in [5.74, 6) is -0.888. The molecule has 0 radical (unpaired) electrons. The van der Waals surface area contributed by atoms with Crippen LogP contribution in [0.5, 0.6) is 0 Å². The number of nitrogens with one attached hydrogen (secondary N) is 1. The Morgan fingerprint density at radius 2 is 2.04 bits per heavy atom. The lowest BCUT2D eigenvalue weighted by Gasteiger charge is -2.35. The van der Waals surface area contributed by atoms with Crippen molar-refractivity contribution in [1.29, 1.82) is 0 Å². The first kappa shape index (κ1) is 18.8. The van der Waals surface area contributed by atoms with Crippen molar-refractivity contribution in [3.8, 4) is 0 Å². The summed E-state index contributed by atoms with van der Waals surface area (Å²) in [6.45, 7) is 3.84. The molecule has 24 heavy (non-hydrogen) atoms. The first-order chi connectivity index (χ1) is 11.4. The third-order valence-corrected chi connectivity index (χ3v) is 4.45. The molecule has 2 atom stereocenters. The molecule has 1 aromatic rings. The molecule has 6 heteroatoms. The predicted octanol–water partition coefficient (Wildman–Crippen LogP) is 2.39. The highest BCUT2D eigenvalue weighted by molar-refractivity contribution is 5.76. The molecule has 4 nitrogen and oxygen atoms in total. The molecular formula is C18H27F2N3O. The molecule has 0 spiro atoms. The highest BCUT2D eigenvalue weighted by atomic mass is 19.1. The minimum Gasteiger partial charge on any atom is -0.349 e. The number of benzene rings is 1. The molecule has 1 heterocycles. The van der Waals surface area contributed by atoms with Crippen molar-refractivity contribution in [3.63, 3.8) is 0 Å². The number of hydrogen-bond acceptors (Lipinski definition) is 3. The summed E-state index contributed by atoms with van der Waals surface area (Å²) in [5, 5.41) is 3.47. The number of piperidine rings is 1. The number of halogens is 2. The first-order valence-electron chi connectivity index (χ1n) is 8.48. The van der Waals surface area contributed by atoms with Crippen molar-refractivity contribution in [2.45, 2.75) is 44.8 Å². The van der Waals surface area contributed by atoms with Crippen LogP contribution in [0.15, 0.2) is 18.2 Å². The van der Waals surface area contributed by atoms with Crippen molar-refractivity contribution >= 4 is 5.91 Å². The summed E-state index contributed by atoms with van der Waals surface area (Å²) in [5.41, 5.74) is 0.133. The average Bonchev–Trinajstić information content (AvgIpc) is 2.51. The van der Waals surface area contributed by atoms with Gasteiger partial charge in [0.1, 0.15) is 11.6 Å². The van der Waals surface area contributed by atoms with Gasteiger partial charge in [-0.15, -0.1) is 0 Å². The second-order valence-electron chi connectivity index (χ2n) is 6.83. The van der Waals surface area contributed by atoms with Crippen LogP contribution in [0.25, 0.3) is 0 Å². The molecule has 1 aromatic carbocycles. The molecule has 1 amide bonds. The summed E-state index contributed by atoms with van der Waals surface area (Å²) in [6, 6.07) is 4.30. The summed E-state index contributed by atoms with van der Waals surface area (Å²) < 4.78 is 27.6. The first-order valence-corrected chi connectivity index (χ1v) is 8.48. The van der Waals surface area contributed by atoms with Gasteiger partial charge in [-0.1, -0.05) is 6.07 Å². The van der Waals surface area contributed by atoms with Gasteiger partial charge in [0, 0.05) is 51.3 Å². The third-order valence-electron chi connectivity index (χ3n) is 4.45. The van der Waals surface area contributed by atoms with Crippen LogP contribution in [-0.2, 0) is 11.3 Å². The lowest BCUT2D eigenvalue weighted by molar-refractivity contribution is -0.129. The fourth-order valence-electron chi connectivity index (χ4n) is 3.15. The van der Waals surface area contributed by atoms with Crippen molar-refractivity contribution in [3.05, 3.63) is 35.4 Å². The minimum absolute atomic E-state index is 0.0787. The molecular weight excluding hydrogens is 312 g/mol. The summed E-state index contributed by atoms with van der Waals surface area (Å²) >= 11 is 0. The number of carbonyl (C=O) groups excluding carboxylic acids is 1. The van der Waals surface area contributed by atoms with Gasteiger partial charge in [-0.25, -0.2) is 8.78 Å². The van der Waals surface area contributed by atoms with Crippen LogP contribution in [0.4, 0.5) is 8.78 Å². The van der Waals surface area contributed by atoms with E-state index in [1.807, 2.05) is 6.92 Å². The zero-order valence-electron chi connectivity index (χ0n) is 14.7. The fourth-order valence-corrected chi connectivity index (χ4v) is 3.15. The predicted molar refractivity (Wildman–Crippen MR) is 90.6 cm³/mol. The van der Waals surface area contributed by atoms with Gasteiger partial charge in [0.15, 0.2) is 0 Å². The Morgan fingerprint density at radius 3 is 2.67 bits per heavy atom. The van der Waals surface area contributed by atoms with Crippen molar-refractivity contribution in [2.75, 3.05) is 27.2 Å². The molecule has 1 fully saturated rings. The molecule has 0 aromatic heterocycles. The van der Waals surface area contributed by atoms with Crippen LogP contribution in [0.1, 0.15) is 31.7 Å². The molecule has 0 aliphatic carbocycles. The second kappa shape index (κ2) is 8.53. The van der Waals surface area contributed by atoms with Crippen molar-refractivity contribution in [2.24, 2.45) is 0 Å². The van der Waals surface area contributed by atoms with Crippen LogP contribution >= 0.6 is 0 Å². The van der Waals surface area contributed by atoms with E-state index in [0.717, 1.165) is 25.9 Å². The van der Waals surface area contributed by atoms with E-state index < -0.39 is 11.6 Å². The maximum absolute atomic E-state index is 13.8. The van der Waals surface area contributed by atoms with E-state index in [4.69, 9.17) is 0 Å². The van der Waals surface area contributed by atoms with Crippen LogP contribution in [0, 0.1) is 11.6 Å². The van der Waals surface area contributed by atoms with Gasteiger partial charge >= 0.3 is 0 Å². The second-order valence-corrected chi connectivity index (χ2v) is 6.83. The number of carbonyl (C=O) groups is 1. The molecule has 134 valence electrons. The smallest absolute Gasteiger partial charge is 0.223 e. The summed E-state index contributed by atoms with van der Waals surface area (Å²) in [4.78, 5) is 15.4. The SMILES string of the molecule is C[C@@H](CC(=O)N(C)C)N[C@H]1CCCN(Cc2c(F)cccc2F)C1. The quantitative estimate of drug-likeness (QED) is 0.864. The zero-order chi connectivity index (χ0) is 17.7. The molecule has 1 aliphatic heterocycles. The van der Waals surface area contributed by atoms with Gasteiger partial charge < -0.3 is 10.2 Å². The highest BCUT2D eigenvalue weighted by Gasteiger charge is 2.23. The van der Waals surface area contributed by atoms with E-state index in [2.05, 4.69) is 10.2 Å². The highest BCUT2D eigenvalue weighted by Crippen LogP contribution is 2.18. The van der Waals surface area contributed by atoms with Crippen molar-refractivity contribution < 1.29 is 13.6 Å². The Bertz CT molecular complexity index is 545. The monoisotopic (exact) mass is 339 g/mol. The maximum Gasteiger partial charge on any atom is 0.223 e. The van der Waals surface area contributed by atoms with Crippen molar-refractivity contribution in [1.82, 2.24) is 15.1 Å². The molecule has 1 N–H and O–H groups in total. The van der Waals surface area contributed by atoms with Gasteiger partial charge in [0.05, 0.1) is 0 Å². The van der Waals surface area contributed by atoms with Gasteiger partial charge in [0.2, 0.25) is 5.91 Å². The maximum atomic E-state index is 13.8. The molecule has 2 rings (SSSR count). The Hall–Kier alpha value is -1.53. The van der Waals surface area contributed by atoms with Crippen LogP contribution in [-0.4, -0.2) is 55.0 Å². The Kier molecular flexibility index (Phi) is 6.69. The van der Waals surface area contributed by atoms with Gasteiger partial charge in [-0.05, 0) is 38.4 Å². The zero-order valence-corrected chi connectivity index (χ0v) is 14.7. The average molecular weight is 339 g/mol.